The predicted octanol–water partition coefficient (Wildman–Crippen LogP) is 2.72. The molecule has 1 N–H and O–H groups in total. The zero-order valence-corrected chi connectivity index (χ0v) is 16.1. The first-order valence-electron chi connectivity index (χ1n) is 9.76. The van der Waals surface area contributed by atoms with E-state index in [2.05, 4.69) is 9.88 Å². The Morgan fingerprint density at radius 3 is 2.50 bits per heavy atom. The number of para-hydroxylation sites is 1. The molecule has 0 bridgehead atoms. The van der Waals surface area contributed by atoms with E-state index in [-0.39, 0.29) is 11.5 Å². The Balaban J connectivity index is 1.38. The lowest BCUT2D eigenvalue weighted by atomic mass is 10.1. The first kappa shape index (κ1) is 18.4. The fraction of sp³-hybridized carbons (Fsp3) is 0.304. The number of carbonyl (C=O) groups is 1. The summed E-state index contributed by atoms with van der Waals surface area (Å²) in [5, 5.41) is 1.06. The van der Waals surface area contributed by atoms with Crippen molar-refractivity contribution in [1.82, 2.24) is 14.8 Å². The molecule has 1 aromatic heterocycles. The SMILES string of the molecule is Cc1cccc2cc(CN3CCN(C(=O)Cc4ccccc4)CC3)c(=O)[nH]c12. The average molecular weight is 375 g/mol. The number of amides is 1. The maximum absolute atomic E-state index is 12.5. The highest BCUT2D eigenvalue weighted by Crippen LogP contribution is 2.16. The molecule has 2 heterocycles. The van der Waals surface area contributed by atoms with Crippen LogP contribution in [0.15, 0.2) is 59.4 Å². The van der Waals surface area contributed by atoms with Gasteiger partial charge in [-0.3, -0.25) is 14.5 Å². The van der Waals surface area contributed by atoms with Gasteiger partial charge in [0.2, 0.25) is 5.91 Å². The number of aromatic nitrogens is 1. The molecule has 1 aliphatic heterocycles. The lowest BCUT2D eigenvalue weighted by Gasteiger charge is -2.34. The van der Waals surface area contributed by atoms with Gasteiger partial charge >= 0.3 is 0 Å². The molecule has 1 aliphatic rings. The number of H-pyrrole nitrogens is 1. The lowest BCUT2D eigenvalue weighted by Crippen LogP contribution is -2.49. The quantitative estimate of drug-likeness (QED) is 0.763. The van der Waals surface area contributed by atoms with Gasteiger partial charge in [0, 0.05) is 38.3 Å². The Bertz CT molecular complexity index is 1030. The Kier molecular flexibility index (Phi) is 5.26. The Labute approximate surface area is 164 Å². The minimum absolute atomic E-state index is 0.0237. The van der Waals surface area contributed by atoms with Crippen LogP contribution < -0.4 is 5.56 Å². The minimum Gasteiger partial charge on any atom is -0.340 e. The number of nitrogens with zero attached hydrogens (tertiary/aromatic N) is 2. The molecular weight excluding hydrogens is 350 g/mol. The van der Waals surface area contributed by atoms with Crippen molar-refractivity contribution in [3.8, 4) is 0 Å². The van der Waals surface area contributed by atoms with Crippen molar-refractivity contribution in [2.45, 2.75) is 19.9 Å². The number of hydrogen-bond donors (Lipinski definition) is 1. The first-order chi connectivity index (χ1) is 13.6. The molecule has 0 spiro atoms. The van der Waals surface area contributed by atoms with E-state index in [4.69, 9.17) is 0 Å². The standard InChI is InChI=1S/C23H25N3O2/c1-17-6-5-9-19-15-20(23(28)24-22(17)19)16-25-10-12-26(13-11-25)21(27)14-18-7-3-2-4-8-18/h2-9,15H,10-14,16H2,1H3,(H,24,28). The number of carbonyl (C=O) groups excluding carboxylic acids is 1. The molecule has 4 rings (SSSR count). The third-order valence-corrected chi connectivity index (χ3v) is 5.48. The number of pyridine rings is 1. The normalized spacial score (nSPS) is 15.1. The van der Waals surface area contributed by atoms with Gasteiger partial charge in [-0.15, -0.1) is 0 Å². The van der Waals surface area contributed by atoms with Gasteiger partial charge in [0.1, 0.15) is 0 Å². The van der Waals surface area contributed by atoms with Crippen LogP contribution in [0.3, 0.4) is 0 Å². The highest BCUT2D eigenvalue weighted by molar-refractivity contribution is 5.82. The summed E-state index contributed by atoms with van der Waals surface area (Å²) in [4.78, 5) is 32.2. The Hall–Kier alpha value is -2.92. The highest BCUT2D eigenvalue weighted by Gasteiger charge is 2.22. The molecule has 5 heteroatoms. The van der Waals surface area contributed by atoms with Gasteiger partial charge in [-0.2, -0.15) is 0 Å². The van der Waals surface area contributed by atoms with Crippen molar-refractivity contribution in [1.29, 1.82) is 0 Å². The zero-order chi connectivity index (χ0) is 19.5. The monoisotopic (exact) mass is 375 g/mol. The van der Waals surface area contributed by atoms with Gasteiger partial charge in [-0.05, 0) is 29.5 Å². The van der Waals surface area contributed by atoms with Crippen molar-refractivity contribution in [2.24, 2.45) is 0 Å². The Morgan fingerprint density at radius 1 is 1.00 bits per heavy atom. The second-order valence-corrected chi connectivity index (χ2v) is 7.48. The molecule has 5 nitrogen and oxygen atoms in total. The van der Waals surface area contributed by atoms with E-state index < -0.39 is 0 Å². The molecule has 0 saturated carbocycles. The molecule has 144 valence electrons. The van der Waals surface area contributed by atoms with Crippen LogP contribution in [0.1, 0.15) is 16.7 Å². The Morgan fingerprint density at radius 2 is 1.75 bits per heavy atom. The van der Waals surface area contributed by atoms with E-state index in [1.54, 1.807) is 0 Å². The summed E-state index contributed by atoms with van der Waals surface area (Å²) in [7, 11) is 0. The molecule has 1 amide bonds. The molecule has 1 fully saturated rings. The number of aryl methyl sites for hydroxylation is 1. The molecule has 0 atom stereocenters. The number of rotatable bonds is 4. The fourth-order valence-electron chi connectivity index (χ4n) is 3.82. The maximum atomic E-state index is 12.5. The van der Waals surface area contributed by atoms with Gasteiger partial charge in [0.25, 0.3) is 5.56 Å². The number of hydrogen-bond acceptors (Lipinski definition) is 3. The summed E-state index contributed by atoms with van der Waals surface area (Å²) >= 11 is 0. The summed E-state index contributed by atoms with van der Waals surface area (Å²) in [6.45, 7) is 5.59. The van der Waals surface area contributed by atoms with Crippen LogP contribution in [0, 0.1) is 6.92 Å². The number of aromatic amines is 1. The van der Waals surface area contributed by atoms with Crippen LogP contribution in [0.25, 0.3) is 10.9 Å². The lowest BCUT2D eigenvalue weighted by molar-refractivity contribution is -0.132. The van der Waals surface area contributed by atoms with E-state index in [0.29, 0.717) is 26.1 Å². The smallest absolute Gasteiger partial charge is 0.252 e. The molecule has 2 aromatic carbocycles. The average Bonchev–Trinajstić information content (AvgIpc) is 2.71. The predicted molar refractivity (Wildman–Crippen MR) is 111 cm³/mol. The molecule has 0 unspecified atom stereocenters. The highest BCUT2D eigenvalue weighted by atomic mass is 16.2. The van der Waals surface area contributed by atoms with Crippen molar-refractivity contribution >= 4 is 16.8 Å². The second kappa shape index (κ2) is 7.98. The van der Waals surface area contributed by atoms with E-state index in [1.165, 1.54) is 0 Å². The molecular formula is C23H25N3O2. The third-order valence-electron chi connectivity index (χ3n) is 5.48. The van der Waals surface area contributed by atoms with Crippen LogP contribution in [0.2, 0.25) is 0 Å². The maximum Gasteiger partial charge on any atom is 0.252 e. The summed E-state index contributed by atoms with van der Waals surface area (Å²) in [6, 6.07) is 17.9. The van der Waals surface area contributed by atoms with E-state index in [1.807, 2.05) is 66.4 Å². The molecule has 1 saturated heterocycles. The largest absolute Gasteiger partial charge is 0.340 e. The van der Waals surface area contributed by atoms with E-state index in [0.717, 1.165) is 40.7 Å². The van der Waals surface area contributed by atoms with Gasteiger partial charge in [0.15, 0.2) is 0 Å². The van der Waals surface area contributed by atoms with Gasteiger partial charge in [-0.25, -0.2) is 0 Å². The van der Waals surface area contributed by atoms with Crippen molar-refractivity contribution in [3.63, 3.8) is 0 Å². The number of nitrogens with one attached hydrogen (secondary N) is 1. The van der Waals surface area contributed by atoms with Crippen LogP contribution in [-0.2, 0) is 17.8 Å². The topological polar surface area (TPSA) is 56.4 Å². The first-order valence-corrected chi connectivity index (χ1v) is 9.76. The van der Waals surface area contributed by atoms with Gasteiger partial charge in [0.05, 0.1) is 11.9 Å². The zero-order valence-electron chi connectivity index (χ0n) is 16.1. The molecule has 0 radical (unpaired) electrons. The molecule has 3 aromatic rings. The van der Waals surface area contributed by atoms with Gasteiger partial charge < -0.3 is 9.88 Å². The van der Waals surface area contributed by atoms with E-state index in [9.17, 15) is 9.59 Å². The third kappa shape index (κ3) is 3.99. The molecule has 0 aliphatic carbocycles. The van der Waals surface area contributed by atoms with Crippen LogP contribution in [0.4, 0.5) is 0 Å². The summed E-state index contributed by atoms with van der Waals surface area (Å²) in [5.74, 6) is 0.171. The minimum atomic E-state index is -0.0237. The summed E-state index contributed by atoms with van der Waals surface area (Å²) < 4.78 is 0. The fourth-order valence-corrected chi connectivity index (χ4v) is 3.82. The molecule has 28 heavy (non-hydrogen) atoms. The van der Waals surface area contributed by atoms with Crippen LogP contribution in [0.5, 0.6) is 0 Å². The number of benzene rings is 2. The second-order valence-electron chi connectivity index (χ2n) is 7.48. The van der Waals surface area contributed by atoms with Crippen molar-refractivity contribution < 1.29 is 4.79 Å². The van der Waals surface area contributed by atoms with E-state index >= 15 is 0 Å². The number of fused-ring (bicyclic) bond motifs is 1. The van der Waals surface area contributed by atoms with Crippen molar-refractivity contribution in [3.05, 3.63) is 81.6 Å². The summed E-state index contributed by atoms with van der Waals surface area (Å²) in [5.41, 5.74) is 3.79. The van der Waals surface area contributed by atoms with Crippen LogP contribution in [-0.4, -0.2) is 46.9 Å². The summed E-state index contributed by atoms with van der Waals surface area (Å²) in [6.07, 6.45) is 0.449. The van der Waals surface area contributed by atoms with Crippen LogP contribution >= 0.6 is 0 Å². The van der Waals surface area contributed by atoms with Crippen molar-refractivity contribution in [2.75, 3.05) is 26.2 Å². The van der Waals surface area contributed by atoms with Gasteiger partial charge in [-0.1, -0.05) is 48.5 Å². The number of piperazine rings is 1.